The van der Waals surface area contributed by atoms with Gasteiger partial charge in [0.1, 0.15) is 0 Å². The number of aryl methyl sites for hydroxylation is 1. The van der Waals surface area contributed by atoms with Crippen LogP contribution in [-0.2, 0) is 0 Å². The molecule has 51 heavy (non-hydrogen) atoms. The van der Waals surface area contributed by atoms with Gasteiger partial charge in [-0.05, 0) is 117 Å². The molecule has 6 aromatic rings. The Balaban J connectivity index is 1.06. The zero-order chi connectivity index (χ0) is 33.9. The van der Waals surface area contributed by atoms with E-state index in [1.807, 2.05) is 0 Å². The normalized spacial score (nSPS) is 19.5. The predicted molar refractivity (Wildman–Crippen MR) is 214 cm³/mol. The van der Waals surface area contributed by atoms with Crippen molar-refractivity contribution in [1.82, 2.24) is 0 Å². The van der Waals surface area contributed by atoms with Gasteiger partial charge in [-0.15, -0.1) is 0 Å². The minimum Gasteiger partial charge on any atom is -0.333 e. The molecular weight excluding hydrogens is 615 g/mol. The molecule has 3 aliphatic carbocycles. The quantitative estimate of drug-likeness (QED) is 0.179. The molecular formula is C50H39N. The van der Waals surface area contributed by atoms with Crippen LogP contribution >= 0.6 is 0 Å². The van der Waals surface area contributed by atoms with Crippen molar-refractivity contribution in [3.05, 3.63) is 209 Å². The maximum Gasteiger partial charge on any atom is 0.0629 e. The molecule has 10 rings (SSSR count). The molecule has 0 radical (unpaired) electrons. The van der Waals surface area contributed by atoms with Crippen LogP contribution < -0.4 is 4.90 Å². The molecule has 244 valence electrons. The standard InChI is InChI=1S/C50H39N/c1-33-13-5-6-16-39(33)40-17-7-9-20-44(40)50-45-21-10-8-18-41(45)42-29-25-36(32-47(42)50)37-26-30-49-46(31-37)43-19-11-12-22-48(43)51(49)38-27-23-35(24-28-38)34-14-3-2-4-15-34/h2-8,10-19,21-32,43,48,50H,9,20H2,1H3. The van der Waals surface area contributed by atoms with E-state index in [2.05, 4.69) is 188 Å². The number of allylic oxidation sites excluding steroid dienone is 6. The fourth-order valence-electron chi connectivity index (χ4n) is 9.15. The lowest BCUT2D eigenvalue weighted by atomic mass is 9.78. The van der Waals surface area contributed by atoms with Crippen LogP contribution in [0.4, 0.5) is 11.4 Å². The van der Waals surface area contributed by atoms with Crippen LogP contribution in [0.5, 0.6) is 0 Å². The maximum absolute atomic E-state index is 2.53. The van der Waals surface area contributed by atoms with Crippen LogP contribution in [0.25, 0.3) is 39.0 Å². The van der Waals surface area contributed by atoms with Crippen molar-refractivity contribution >= 4 is 16.9 Å². The summed E-state index contributed by atoms with van der Waals surface area (Å²) in [5.74, 6) is 0.552. The van der Waals surface area contributed by atoms with Gasteiger partial charge in [0.2, 0.25) is 0 Å². The zero-order valence-electron chi connectivity index (χ0n) is 28.8. The summed E-state index contributed by atoms with van der Waals surface area (Å²) < 4.78 is 0. The molecule has 0 spiro atoms. The van der Waals surface area contributed by atoms with Crippen LogP contribution in [0.2, 0.25) is 0 Å². The van der Waals surface area contributed by atoms with Gasteiger partial charge in [-0.2, -0.15) is 0 Å². The summed E-state index contributed by atoms with van der Waals surface area (Å²) in [6.45, 7) is 2.24. The molecule has 0 saturated heterocycles. The van der Waals surface area contributed by atoms with Gasteiger partial charge in [0.15, 0.2) is 0 Å². The van der Waals surface area contributed by atoms with Crippen LogP contribution in [-0.4, -0.2) is 6.04 Å². The second-order valence-corrected chi connectivity index (χ2v) is 14.4. The van der Waals surface area contributed by atoms with E-state index in [-0.39, 0.29) is 12.0 Å². The Morgan fingerprint density at radius 2 is 1.22 bits per heavy atom. The minimum absolute atomic E-state index is 0.246. The molecule has 4 aliphatic rings. The van der Waals surface area contributed by atoms with E-state index in [1.165, 1.54) is 78.1 Å². The van der Waals surface area contributed by atoms with E-state index in [9.17, 15) is 0 Å². The molecule has 1 heterocycles. The van der Waals surface area contributed by atoms with Crippen LogP contribution in [0.1, 0.15) is 52.5 Å². The van der Waals surface area contributed by atoms with Crippen molar-refractivity contribution in [2.75, 3.05) is 4.90 Å². The Labute approximate surface area is 301 Å². The number of nitrogens with zero attached hydrogens (tertiary/aromatic N) is 1. The van der Waals surface area contributed by atoms with Crippen molar-refractivity contribution in [3.63, 3.8) is 0 Å². The Morgan fingerprint density at radius 1 is 0.549 bits per heavy atom. The van der Waals surface area contributed by atoms with Crippen LogP contribution in [0.15, 0.2) is 182 Å². The molecule has 3 unspecified atom stereocenters. The molecule has 0 bridgehead atoms. The number of benzene rings is 6. The van der Waals surface area contributed by atoms with Crippen molar-refractivity contribution in [2.45, 2.75) is 37.6 Å². The van der Waals surface area contributed by atoms with E-state index in [1.54, 1.807) is 5.57 Å². The van der Waals surface area contributed by atoms with E-state index in [0.29, 0.717) is 5.92 Å². The SMILES string of the molecule is Cc1ccccc1C1=C(C2c3ccccc3-c3ccc(-c4ccc5c(c4)C4C=CC=CC4N5c4ccc(-c5ccccc5)cc4)cc32)CCC=C1. The summed E-state index contributed by atoms with van der Waals surface area (Å²) in [6, 6.07) is 52.4. The van der Waals surface area contributed by atoms with Gasteiger partial charge in [0.25, 0.3) is 0 Å². The molecule has 0 amide bonds. The molecule has 0 saturated carbocycles. The number of hydrogen-bond acceptors (Lipinski definition) is 1. The molecule has 3 atom stereocenters. The summed E-state index contributed by atoms with van der Waals surface area (Å²) in [6.07, 6.45) is 16.1. The third-order valence-corrected chi connectivity index (χ3v) is 11.6. The van der Waals surface area contributed by atoms with Gasteiger partial charge >= 0.3 is 0 Å². The molecule has 0 fully saturated rings. The Morgan fingerprint density at radius 3 is 2.06 bits per heavy atom. The summed E-state index contributed by atoms with van der Waals surface area (Å²) >= 11 is 0. The van der Waals surface area contributed by atoms with Gasteiger partial charge in [-0.25, -0.2) is 0 Å². The van der Waals surface area contributed by atoms with Gasteiger partial charge in [-0.1, -0.05) is 151 Å². The van der Waals surface area contributed by atoms with Crippen molar-refractivity contribution < 1.29 is 0 Å². The predicted octanol–water partition coefficient (Wildman–Crippen LogP) is 13.0. The van der Waals surface area contributed by atoms with Gasteiger partial charge in [0, 0.05) is 23.2 Å². The molecule has 6 aromatic carbocycles. The van der Waals surface area contributed by atoms with Gasteiger partial charge in [-0.3, -0.25) is 0 Å². The van der Waals surface area contributed by atoms with E-state index >= 15 is 0 Å². The lowest BCUT2D eigenvalue weighted by Gasteiger charge is -2.28. The summed E-state index contributed by atoms with van der Waals surface area (Å²) in [5, 5.41) is 0. The molecule has 1 nitrogen and oxygen atoms in total. The first kappa shape index (κ1) is 29.9. The Hall–Kier alpha value is -5.92. The lowest BCUT2D eigenvalue weighted by Crippen LogP contribution is -2.28. The highest BCUT2D eigenvalue weighted by molar-refractivity contribution is 5.89. The minimum atomic E-state index is 0.246. The average Bonchev–Trinajstić information content (AvgIpc) is 3.71. The largest absolute Gasteiger partial charge is 0.333 e. The molecule has 1 aliphatic heterocycles. The highest BCUT2D eigenvalue weighted by Gasteiger charge is 2.38. The first-order chi connectivity index (χ1) is 25.2. The third kappa shape index (κ3) is 4.91. The fourth-order valence-corrected chi connectivity index (χ4v) is 9.15. The van der Waals surface area contributed by atoms with Gasteiger partial charge in [0.05, 0.1) is 6.04 Å². The Bertz CT molecular complexity index is 2440. The lowest BCUT2D eigenvalue weighted by molar-refractivity contribution is 0.745. The highest BCUT2D eigenvalue weighted by atomic mass is 15.2. The van der Waals surface area contributed by atoms with Gasteiger partial charge < -0.3 is 4.90 Å². The Kier molecular flexibility index (Phi) is 7.13. The first-order valence-corrected chi connectivity index (χ1v) is 18.4. The van der Waals surface area contributed by atoms with Crippen LogP contribution in [0, 0.1) is 6.92 Å². The van der Waals surface area contributed by atoms with Crippen molar-refractivity contribution in [1.29, 1.82) is 0 Å². The van der Waals surface area contributed by atoms with Crippen molar-refractivity contribution in [3.8, 4) is 33.4 Å². The van der Waals surface area contributed by atoms with E-state index < -0.39 is 0 Å². The fraction of sp³-hybridized carbons (Fsp3) is 0.120. The van der Waals surface area contributed by atoms with Crippen LogP contribution in [0.3, 0.4) is 0 Å². The number of hydrogen-bond donors (Lipinski definition) is 0. The maximum atomic E-state index is 2.53. The summed E-state index contributed by atoms with van der Waals surface area (Å²) in [5.41, 5.74) is 20.2. The number of anilines is 2. The van der Waals surface area contributed by atoms with E-state index in [0.717, 1.165) is 12.8 Å². The summed E-state index contributed by atoms with van der Waals surface area (Å²) in [4.78, 5) is 2.53. The molecule has 0 N–H and O–H groups in total. The monoisotopic (exact) mass is 653 g/mol. The molecule has 0 aromatic heterocycles. The first-order valence-electron chi connectivity index (χ1n) is 18.4. The zero-order valence-corrected chi connectivity index (χ0v) is 28.8. The smallest absolute Gasteiger partial charge is 0.0629 e. The van der Waals surface area contributed by atoms with Crippen molar-refractivity contribution in [2.24, 2.45) is 0 Å². The second kappa shape index (κ2) is 12.1. The third-order valence-electron chi connectivity index (χ3n) is 11.6. The number of fused-ring (bicyclic) bond motifs is 6. The van der Waals surface area contributed by atoms with E-state index in [4.69, 9.17) is 0 Å². The summed E-state index contributed by atoms with van der Waals surface area (Å²) in [7, 11) is 0. The number of rotatable bonds is 5. The highest BCUT2D eigenvalue weighted by Crippen LogP contribution is 2.53. The second-order valence-electron chi connectivity index (χ2n) is 14.4. The topological polar surface area (TPSA) is 3.24 Å². The molecule has 1 heteroatoms. The average molecular weight is 654 g/mol.